The first-order valence-corrected chi connectivity index (χ1v) is 11.4. The Labute approximate surface area is 199 Å². The van der Waals surface area contributed by atoms with E-state index < -0.39 is 17.1 Å². The topological polar surface area (TPSA) is 116 Å². The first kappa shape index (κ1) is 23.6. The largest absolute Gasteiger partial charge is 0.490 e. The van der Waals surface area contributed by atoms with Crippen molar-refractivity contribution in [2.24, 2.45) is 0 Å². The lowest BCUT2D eigenvalue weighted by molar-refractivity contribution is -0.139. The van der Waals surface area contributed by atoms with E-state index in [9.17, 15) is 19.2 Å². The van der Waals surface area contributed by atoms with Gasteiger partial charge in [-0.25, -0.2) is 4.79 Å². The number of morpholine rings is 1. The second-order valence-corrected chi connectivity index (χ2v) is 8.26. The number of furan rings is 1. The summed E-state index contributed by atoms with van der Waals surface area (Å²) in [5.74, 6) is -0.991. The smallest absolute Gasteiger partial charge is 0.379 e. The molecule has 11 heteroatoms. The summed E-state index contributed by atoms with van der Waals surface area (Å²) < 4.78 is 21.2. The average molecular weight is 487 g/mol. The van der Waals surface area contributed by atoms with Gasteiger partial charge in [-0.1, -0.05) is 6.07 Å². The Bertz CT molecular complexity index is 1120. The number of hydrogen-bond acceptors (Lipinski definition) is 9. The van der Waals surface area contributed by atoms with E-state index in [0.717, 1.165) is 16.7 Å². The van der Waals surface area contributed by atoms with Crippen molar-refractivity contribution in [2.45, 2.75) is 6.92 Å². The quantitative estimate of drug-likeness (QED) is 0.331. The first-order chi connectivity index (χ1) is 16.5. The second kappa shape index (κ2) is 10.6. The fourth-order valence-corrected chi connectivity index (χ4v) is 4.19. The van der Waals surface area contributed by atoms with Crippen LogP contribution in [0.2, 0.25) is 0 Å². The maximum Gasteiger partial charge on any atom is 0.379 e. The third-order valence-corrected chi connectivity index (χ3v) is 5.93. The molecule has 0 saturated carbocycles. The molecule has 0 spiro atoms. The number of benzene rings is 1. The van der Waals surface area contributed by atoms with E-state index >= 15 is 0 Å². The molecule has 178 valence electrons. The minimum Gasteiger partial charge on any atom is -0.490 e. The van der Waals surface area contributed by atoms with Crippen LogP contribution in [-0.4, -0.2) is 72.3 Å². The fraction of sp³-hybridized carbons (Fsp3) is 0.304. The molecule has 0 bridgehead atoms. The molecule has 0 N–H and O–H groups in total. The van der Waals surface area contributed by atoms with Crippen molar-refractivity contribution < 1.29 is 37.8 Å². The molecular weight excluding hydrogens is 464 g/mol. The van der Waals surface area contributed by atoms with E-state index in [0.29, 0.717) is 38.5 Å². The summed E-state index contributed by atoms with van der Waals surface area (Å²) >= 11 is 0.762. The molecule has 2 aliphatic heterocycles. The van der Waals surface area contributed by atoms with Gasteiger partial charge in [0.25, 0.3) is 11.1 Å². The lowest BCUT2D eigenvalue weighted by atomic mass is 10.2. The Kier molecular flexibility index (Phi) is 7.33. The zero-order valence-corrected chi connectivity index (χ0v) is 19.2. The number of hydrogen-bond donors (Lipinski definition) is 0. The molecule has 0 radical (unpaired) electrons. The maximum atomic E-state index is 12.8. The van der Waals surface area contributed by atoms with Crippen LogP contribution in [0.15, 0.2) is 45.9 Å². The predicted octanol–water partition coefficient (Wildman–Crippen LogP) is 2.79. The van der Waals surface area contributed by atoms with E-state index in [2.05, 4.69) is 0 Å². The summed E-state index contributed by atoms with van der Waals surface area (Å²) in [5.41, 5.74) is 0.561. The Hall–Kier alpha value is -3.57. The molecule has 2 fully saturated rings. The third-order valence-electron chi connectivity index (χ3n) is 5.02. The summed E-state index contributed by atoms with van der Waals surface area (Å²) in [7, 11) is 0. The molecule has 0 aliphatic carbocycles. The number of ether oxygens (including phenoxy) is 3. The molecule has 1 aromatic carbocycles. The molecule has 1 aromatic heterocycles. The summed E-state index contributed by atoms with van der Waals surface area (Å²) in [4.78, 5) is 52.6. The second-order valence-electron chi connectivity index (χ2n) is 7.27. The van der Waals surface area contributed by atoms with Crippen molar-refractivity contribution >= 4 is 40.9 Å². The molecule has 0 unspecified atom stereocenters. The highest BCUT2D eigenvalue weighted by atomic mass is 32.2. The lowest BCUT2D eigenvalue weighted by Crippen LogP contribution is -2.46. The van der Waals surface area contributed by atoms with E-state index in [-0.39, 0.29) is 34.6 Å². The number of amides is 3. The van der Waals surface area contributed by atoms with Crippen molar-refractivity contribution in [3.05, 3.63) is 52.8 Å². The van der Waals surface area contributed by atoms with Gasteiger partial charge in [-0.2, -0.15) is 0 Å². The van der Waals surface area contributed by atoms with Gasteiger partial charge in [0.15, 0.2) is 11.5 Å². The van der Waals surface area contributed by atoms with Crippen LogP contribution in [0.25, 0.3) is 6.08 Å². The fourth-order valence-electron chi connectivity index (χ4n) is 3.35. The van der Waals surface area contributed by atoms with Crippen LogP contribution in [0.5, 0.6) is 11.5 Å². The van der Waals surface area contributed by atoms with Crippen LogP contribution in [0.1, 0.15) is 23.0 Å². The van der Waals surface area contributed by atoms with E-state index in [1.807, 2.05) is 0 Å². The zero-order chi connectivity index (χ0) is 24.1. The van der Waals surface area contributed by atoms with Gasteiger partial charge in [0, 0.05) is 13.1 Å². The van der Waals surface area contributed by atoms with Crippen LogP contribution in [0, 0.1) is 0 Å². The molecule has 2 saturated heterocycles. The molecule has 10 nitrogen and oxygen atoms in total. The van der Waals surface area contributed by atoms with Gasteiger partial charge >= 0.3 is 5.97 Å². The highest BCUT2D eigenvalue weighted by Gasteiger charge is 2.37. The van der Waals surface area contributed by atoms with Gasteiger partial charge in [-0.05, 0) is 54.6 Å². The summed E-state index contributed by atoms with van der Waals surface area (Å²) in [6.45, 7) is 3.51. The summed E-state index contributed by atoms with van der Waals surface area (Å²) in [6.07, 6.45) is 2.90. The van der Waals surface area contributed by atoms with E-state index in [1.165, 1.54) is 24.5 Å². The Morgan fingerprint density at radius 1 is 1.15 bits per heavy atom. The van der Waals surface area contributed by atoms with Gasteiger partial charge in [-0.3, -0.25) is 19.3 Å². The number of thioether (sulfide) groups is 1. The lowest BCUT2D eigenvalue weighted by Gasteiger charge is -2.28. The number of imide groups is 1. The van der Waals surface area contributed by atoms with Crippen molar-refractivity contribution in [1.29, 1.82) is 0 Å². The minimum absolute atomic E-state index is 0.0480. The van der Waals surface area contributed by atoms with Crippen molar-refractivity contribution in [3.8, 4) is 11.5 Å². The number of esters is 1. The maximum absolute atomic E-state index is 12.8. The minimum atomic E-state index is -0.676. The van der Waals surface area contributed by atoms with Crippen LogP contribution in [0.4, 0.5) is 4.79 Å². The number of nitrogens with zero attached hydrogens (tertiary/aromatic N) is 2. The van der Waals surface area contributed by atoms with E-state index in [1.54, 1.807) is 30.0 Å². The molecule has 3 heterocycles. The van der Waals surface area contributed by atoms with Gasteiger partial charge in [0.2, 0.25) is 11.7 Å². The molecular formula is C23H22N2O8S. The van der Waals surface area contributed by atoms with Gasteiger partial charge in [0.1, 0.15) is 6.54 Å². The van der Waals surface area contributed by atoms with Gasteiger partial charge < -0.3 is 23.5 Å². The monoisotopic (exact) mass is 486 g/mol. The van der Waals surface area contributed by atoms with Gasteiger partial charge in [0.05, 0.1) is 31.0 Å². The first-order valence-electron chi connectivity index (χ1n) is 10.6. The summed E-state index contributed by atoms with van der Waals surface area (Å²) in [5, 5.41) is -0.508. The number of carbonyl (C=O) groups is 4. The normalized spacial score (nSPS) is 17.4. The van der Waals surface area contributed by atoms with Crippen LogP contribution in [-0.2, 0) is 14.3 Å². The molecule has 34 heavy (non-hydrogen) atoms. The van der Waals surface area contributed by atoms with Crippen LogP contribution < -0.4 is 9.47 Å². The van der Waals surface area contributed by atoms with Crippen LogP contribution >= 0.6 is 11.8 Å². The Morgan fingerprint density at radius 2 is 1.94 bits per heavy atom. The van der Waals surface area contributed by atoms with E-state index in [4.69, 9.17) is 18.6 Å². The molecule has 3 amide bonds. The average Bonchev–Trinajstić information content (AvgIpc) is 3.46. The van der Waals surface area contributed by atoms with Gasteiger partial charge in [-0.15, -0.1) is 0 Å². The van der Waals surface area contributed by atoms with Crippen molar-refractivity contribution in [2.75, 3.05) is 39.5 Å². The molecule has 2 aliphatic rings. The summed E-state index contributed by atoms with van der Waals surface area (Å²) in [6, 6.07) is 7.81. The highest BCUT2D eigenvalue weighted by molar-refractivity contribution is 8.18. The standard InChI is InChI=1S/C23H22N2O8S/c1-2-31-18-12-15(5-6-16(18)33-22(28)17-4-3-9-32-17)13-19-21(27)25(23(29)34-19)14-20(26)24-7-10-30-11-8-24/h3-6,9,12-13H,2,7-8,10-11,14H2,1H3/b19-13-. The zero-order valence-electron chi connectivity index (χ0n) is 18.4. The molecule has 2 aromatic rings. The Morgan fingerprint density at radius 3 is 2.65 bits per heavy atom. The number of rotatable bonds is 7. The number of carbonyl (C=O) groups excluding carboxylic acids is 4. The SMILES string of the molecule is CCOc1cc(/C=C2\SC(=O)N(CC(=O)N3CCOCC3)C2=O)ccc1OC(=O)c1ccco1. The molecule has 0 atom stereocenters. The van der Waals surface area contributed by atoms with Crippen LogP contribution in [0.3, 0.4) is 0 Å². The van der Waals surface area contributed by atoms with Crippen molar-refractivity contribution in [1.82, 2.24) is 9.80 Å². The highest BCUT2D eigenvalue weighted by Crippen LogP contribution is 2.35. The van der Waals surface area contributed by atoms with Crippen molar-refractivity contribution in [3.63, 3.8) is 0 Å². The third kappa shape index (κ3) is 5.32. The molecule has 4 rings (SSSR count). The Balaban J connectivity index is 1.48. The predicted molar refractivity (Wildman–Crippen MR) is 121 cm³/mol.